The number of hydrogen-bond acceptors (Lipinski definition) is 5. The summed E-state index contributed by atoms with van der Waals surface area (Å²) in [6.07, 6.45) is 3.77. The molecule has 0 spiro atoms. The highest BCUT2D eigenvalue weighted by Crippen LogP contribution is 2.18. The van der Waals surface area contributed by atoms with E-state index in [0.29, 0.717) is 6.54 Å². The zero-order valence-corrected chi connectivity index (χ0v) is 12.2. The van der Waals surface area contributed by atoms with Crippen LogP contribution in [0.4, 0.5) is 0 Å². The average Bonchev–Trinajstić information content (AvgIpc) is 2.82. The van der Waals surface area contributed by atoms with Crippen molar-refractivity contribution in [3.05, 3.63) is 16.6 Å². The van der Waals surface area contributed by atoms with Gasteiger partial charge in [0.15, 0.2) is 0 Å². The lowest BCUT2D eigenvalue weighted by Gasteiger charge is -2.21. The smallest absolute Gasteiger partial charge is 0.234 e. The van der Waals surface area contributed by atoms with Gasteiger partial charge >= 0.3 is 0 Å². The number of hydrogen-bond donors (Lipinski definition) is 2. The average molecular weight is 282 g/mol. The van der Waals surface area contributed by atoms with E-state index in [1.54, 1.807) is 17.5 Å². The van der Waals surface area contributed by atoms with Gasteiger partial charge in [0.05, 0.1) is 12.6 Å². The summed E-state index contributed by atoms with van der Waals surface area (Å²) in [7, 11) is 0. The Kier molecular flexibility index (Phi) is 5.75. The van der Waals surface area contributed by atoms with Crippen molar-refractivity contribution in [3.63, 3.8) is 0 Å². The summed E-state index contributed by atoms with van der Waals surface area (Å²) in [6.45, 7) is 6.52. The standard InChI is InChI=1S/C13H22N4OS/c1-2-11(13-15-6-9-19-13)16-12(18)10-17-7-3-4-14-5-8-17/h6,9,11,14H,2-5,7-8,10H2,1H3,(H,16,18). The highest BCUT2D eigenvalue weighted by Gasteiger charge is 2.17. The molecule has 2 rings (SSSR count). The van der Waals surface area contributed by atoms with E-state index in [0.717, 1.165) is 44.0 Å². The molecule has 1 amide bonds. The molecule has 6 heteroatoms. The molecule has 0 aromatic carbocycles. The Morgan fingerprint density at radius 1 is 1.58 bits per heavy atom. The monoisotopic (exact) mass is 282 g/mol. The molecule has 19 heavy (non-hydrogen) atoms. The van der Waals surface area contributed by atoms with Gasteiger partial charge in [-0.15, -0.1) is 11.3 Å². The molecule has 0 aliphatic carbocycles. The number of nitrogens with zero attached hydrogens (tertiary/aromatic N) is 2. The van der Waals surface area contributed by atoms with Crippen LogP contribution in [-0.4, -0.2) is 48.5 Å². The van der Waals surface area contributed by atoms with E-state index in [1.165, 1.54) is 0 Å². The largest absolute Gasteiger partial charge is 0.346 e. The Balaban J connectivity index is 1.82. The first kappa shape index (κ1) is 14.4. The Labute approximate surface area is 118 Å². The number of aromatic nitrogens is 1. The van der Waals surface area contributed by atoms with Crippen molar-refractivity contribution in [2.45, 2.75) is 25.8 Å². The van der Waals surface area contributed by atoms with Crippen molar-refractivity contribution in [1.29, 1.82) is 0 Å². The summed E-state index contributed by atoms with van der Waals surface area (Å²) in [4.78, 5) is 18.6. The fourth-order valence-corrected chi connectivity index (χ4v) is 3.02. The van der Waals surface area contributed by atoms with Gasteiger partial charge in [-0.1, -0.05) is 6.92 Å². The third kappa shape index (κ3) is 4.56. The molecule has 5 nitrogen and oxygen atoms in total. The fourth-order valence-electron chi connectivity index (χ4n) is 2.25. The molecule has 0 bridgehead atoms. The summed E-state index contributed by atoms with van der Waals surface area (Å²) >= 11 is 1.60. The lowest BCUT2D eigenvalue weighted by molar-refractivity contribution is -0.123. The summed E-state index contributed by atoms with van der Waals surface area (Å²) in [5.74, 6) is 0.101. The Morgan fingerprint density at radius 3 is 3.21 bits per heavy atom. The van der Waals surface area contributed by atoms with E-state index >= 15 is 0 Å². The van der Waals surface area contributed by atoms with Crippen LogP contribution in [0.15, 0.2) is 11.6 Å². The third-order valence-electron chi connectivity index (χ3n) is 3.29. The minimum atomic E-state index is 0.0533. The molecule has 1 aromatic heterocycles. The molecule has 1 atom stereocenters. The molecular formula is C13H22N4OS. The van der Waals surface area contributed by atoms with Crippen molar-refractivity contribution in [3.8, 4) is 0 Å². The zero-order valence-electron chi connectivity index (χ0n) is 11.4. The van der Waals surface area contributed by atoms with Gasteiger partial charge in [-0.3, -0.25) is 9.69 Å². The van der Waals surface area contributed by atoms with Crippen LogP contribution in [0.25, 0.3) is 0 Å². The van der Waals surface area contributed by atoms with Crippen LogP contribution in [0, 0.1) is 0 Å². The van der Waals surface area contributed by atoms with Gasteiger partial charge in [0.2, 0.25) is 5.91 Å². The molecule has 1 unspecified atom stereocenters. The lowest BCUT2D eigenvalue weighted by atomic mass is 10.2. The Morgan fingerprint density at radius 2 is 2.47 bits per heavy atom. The maximum Gasteiger partial charge on any atom is 0.234 e. The molecule has 1 saturated heterocycles. The van der Waals surface area contributed by atoms with E-state index in [9.17, 15) is 4.79 Å². The van der Waals surface area contributed by atoms with Crippen LogP contribution in [0.1, 0.15) is 30.8 Å². The van der Waals surface area contributed by atoms with Crippen molar-refractivity contribution in [2.75, 3.05) is 32.7 Å². The van der Waals surface area contributed by atoms with Crippen LogP contribution < -0.4 is 10.6 Å². The predicted molar refractivity (Wildman–Crippen MR) is 77.2 cm³/mol. The van der Waals surface area contributed by atoms with Gasteiger partial charge in [0.1, 0.15) is 5.01 Å². The normalized spacial score (nSPS) is 18.8. The molecule has 1 aliphatic heterocycles. The van der Waals surface area contributed by atoms with Gasteiger partial charge < -0.3 is 10.6 Å². The van der Waals surface area contributed by atoms with Crippen LogP contribution in [0.5, 0.6) is 0 Å². The van der Waals surface area contributed by atoms with Gasteiger partial charge in [0.25, 0.3) is 0 Å². The van der Waals surface area contributed by atoms with E-state index in [4.69, 9.17) is 0 Å². The third-order valence-corrected chi connectivity index (χ3v) is 4.18. The first-order valence-corrected chi connectivity index (χ1v) is 7.79. The van der Waals surface area contributed by atoms with E-state index in [1.807, 2.05) is 5.38 Å². The maximum atomic E-state index is 12.1. The number of thiazole rings is 1. The minimum Gasteiger partial charge on any atom is -0.346 e. The first-order valence-electron chi connectivity index (χ1n) is 6.91. The first-order chi connectivity index (χ1) is 9.29. The fraction of sp³-hybridized carbons (Fsp3) is 0.692. The SMILES string of the molecule is CCC(NC(=O)CN1CCCNCC1)c1nccs1. The van der Waals surface area contributed by atoms with Crippen molar-refractivity contribution in [2.24, 2.45) is 0 Å². The number of carbonyl (C=O) groups is 1. The van der Waals surface area contributed by atoms with Crippen LogP contribution in [0.3, 0.4) is 0 Å². The molecule has 1 aromatic rings. The molecule has 1 aliphatic rings. The maximum absolute atomic E-state index is 12.1. The highest BCUT2D eigenvalue weighted by molar-refractivity contribution is 7.09. The van der Waals surface area contributed by atoms with Crippen LogP contribution in [-0.2, 0) is 4.79 Å². The molecule has 2 N–H and O–H groups in total. The zero-order chi connectivity index (χ0) is 13.5. The number of nitrogens with one attached hydrogen (secondary N) is 2. The lowest BCUT2D eigenvalue weighted by Crippen LogP contribution is -2.40. The Bertz CT molecular complexity index is 374. The number of amides is 1. The summed E-state index contributed by atoms with van der Waals surface area (Å²) in [5.41, 5.74) is 0. The van der Waals surface area contributed by atoms with E-state index in [2.05, 4.69) is 27.4 Å². The summed E-state index contributed by atoms with van der Waals surface area (Å²) in [5, 5.41) is 9.37. The minimum absolute atomic E-state index is 0.0533. The second kappa shape index (κ2) is 7.57. The van der Waals surface area contributed by atoms with Gasteiger partial charge in [-0.2, -0.15) is 0 Å². The number of carbonyl (C=O) groups excluding carboxylic acids is 1. The molecule has 0 saturated carbocycles. The van der Waals surface area contributed by atoms with Crippen LogP contribution >= 0.6 is 11.3 Å². The topological polar surface area (TPSA) is 57.3 Å². The summed E-state index contributed by atoms with van der Waals surface area (Å²) in [6, 6.07) is 0.0533. The molecule has 106 valence electrons. The predicted octanol–water partition coefficient (Wildman–Crippen LogP) is 1.01. The Hall–Kier alpha value is -0.980. The quantitative estimate of drug-likeness (QED) is 0.846. The van der Waals surface area contributed by atoms with Crippen LogP contribution in [0.2, 0.25) is 0 Å². The van der Waals surface area contributed by atoms with Gasteiger partial charge in [-0.05, 0) is 25.9 Å². The van der Waals surface area contributed by atoms with Crippen molar-refractivity contribution in [1.82, 2.24) is 20.5 Å². The molecule has 2 heterocycles. The van der Waals surface area contributed by atoms with Crippen molar-refractivity contribution < 1.29 is 4.79 Å². The number of rotatable bonds is 5. The van der Waals surface area contributed by atoms with E-state index in [-0.39, 0.29) is 11.9 Å². The molecule has 0 radical (unpaired) electrons. The summed E-state index contributed by atoms with van der Waals surface area (Å²) < 4.78 is 0. The highest BCUT2D eigenvalue weighted by atomic mass is 32.1. The van der Waals surface area contributed by atoms with Crippen molar-refractivity contribution >= 4 is 17.2 Å². The van der Waals surface area contributed by atoms with Gasteiger partial charge in [-0.25, -0.2) is 4.98 Å². The second-order valence-electron chi connectivity index (χ2n) is 4.78. The van der Waals surface area contributed by atoms with E-state index < -0.39 is 0 Å². The molecule has 1 fully saturated rings. The van der Waals surface area contributed by atoms with Gasteiger partial charge in [0, 0.05) is 24.7 Å². The molecular weight excluding hydrogens is 260 g/mol. The second-order valence-corrected chi connectivity index (χ2v) is 5.70.